The number of rotatable bonds is 4. The van der Waals surface area contributed by atoms with Crippen LogP contribution in [0, 0.1) is 6.92 Å². The largest absolute Gasteiger partial charge is 0.461 e. The minimum Gasteiger partial charge on any atom is -0.461 e. The highest BCUT2D eigenvalue weighted by Crippen LogP contribution is 2.24. The van der Waals surface area contributed by atoms with Crippen LogP contribution in [0.4, 0.5) is 0 Å². The Labute approximate surface area is 99.9 Å². The van der Waals surface area contributed by atoms with Crippen molar-refractivity contribution in [2.24, 2.45) is 0 Å². The van der Waals surface area contributed by atoms with Gasteiger partial charge >= 0.3 is 0 Å². The third kappa shape index (κ3) is 2.29. The molecule has 0 saturated carbocycles. The third-order valence-corrected chi connectivity index (χ3v) is 2.65. The van der Waals surface area contributed by atoms with E-state index in [4.69, 9.17) is 16.0 Å². The van der Waals surface area contributed by atoms with Crippen LogP contribution in [0.5, 0.6) is 0 Å². The van der Waals surface area contributed by atoms with E-state index >= 15 is 0 Å². The van der Waals surface area contributed by atoms with Gasteiger partial charge in [-0.05, 0) is 13.0 Å². The molecule has 3 heteroatoms. The number of furan rings is 1. The fourth-order valence-corrected chi connectivity index (χ4v) is 1.86. The van der Waals surface area contributed by atoms with Crippen LogP contribution < -0.4 is 5.32 Å². The van der Waals surface area contributed by atoms with Gasteiger partial charge in [0.15, 0.2) is 0 Å². The van der Waals surface area contributed by atoms with Crippen molar-refractivity contribution >= 4 is 22.6 Å². The summed E-state index contributed by atoms with van der Waals surface area (Å²) >= 11 is 5.70. The van der Waals surface area contributed by atoms with Crippen molar-refractivity contribution < 1.29 is 4.42 Å². The molecule has 16 heavy (non-hydrogen) atoms. The van der Waals surface area contributed by atoms with Crippen molar-refractivity contribution in [1.82, 2.24) is 5.32 Å². The summed E-state index contributed by atoms with van der Waals surface area (Å²) in [5.74, 6) is 0.953. The van der Waals surface area contributed by atoms with Crippen molar-refractivity contribution in [3.8, 4) is 0 Å². The molecule has 0 aliphatic heterocycles. The Balaban J connectivity index is 2.22. The van der Waals surface area contributed by atoms with E-state index in [1.165, 1.54) is 5.56 Å². The molecule has 0 spiro atoms. The molecule has 1 N–H and O–H groups in total. The standard InChI is InChI=1S/C13H14ClNO/c1-9(14)7-15-8-12-10(2)16-13-6-4-3-5-11(12)13/h3-6,15H,1,7-8H2,2H3. The highest BCUT2D eigenvalue weighted by Gasteiger charge is 2.09. The Morgan fingerprint density at radius 3 is 2.94 bits per heavy atom. The summed E-state index contributed by atoms with van der Waals surface area (Å²) in [5.41, 5.74) is 2.12. The number of aryl methyl sites for hydroxylation is 1. The van der Waals surface area contributed by atoms with Gasteiger partial charge in [-0.1, -0.05) is 36.4 Å². The molecule has 0 radical (unpaired) electrons. The van der Waals surface area contributed by atoms with Gasteiger partial charge in [0, 0.05) is 29.1 Å². The van der Waals surface area contributed by atoms with Gasteiger partial charge in [0.1, 0.15) is 11.3 Å². The number of nitrogens with one attached hydrogen (secondary N) is 1. The second-order valence-electron chi connectivity index (χ2n) is 3.75. The van der Waals surface area contributed by atoms with E-state index in [-0.39, 0.29) is 0 Å². The lowest BCUT2D eigenvalue weighted by Gasteiger charge is -2.02. The van der Waals surface area contributed by atoms with E-state index in [0.29, 0.717) is 11.6 Å². The molecule has 2 rings (SSSR count). The summed E-state index contributed by atoms with van der Waals surface area (Å²) < 4.78 is 5.66. The smallest absolute Gasteiger partial charge is 0.134 e. The zero-order valence-electron chi connectivity index (χ0n) is 9.22. The lowest BCUT2D eigenvalue weighted by Crippen LogP contribution is -2.14. The fraction of sp³-hybridized carbons (Fsp3) is 0.231. The number of benzene rings is 1. The molecule has 2 nitrogen and oxygen atoms in total. The van der Waals surface area contributed by atoms with Crippen LogP contribution in [0.25, 0.3) is 11.0 Å². The molecule has 1 heterocycles. The van der Waals surface area contributed by atoms with Crippen LogP contribution in [0.1, 0.15) is 11.3 Å². The van der Waals surface area contributed by atoms with Crippen LogP contribution in [0.15, 0.2) is 40.3 Å². The minimum atomic E-state index is 0.612. The van der Waals surface area contributed by atoms with Gasteiger partial charge in [0.25, 0.3) is 0 Å². The number of fused-ring (bicyclic) bond motifs is 1. The predicted molar refractivity (Wildman–Crippen MR) is 67.7 cm³/mol. The van der Waals surface area contributed by atoms with E-state index in [9.17, 15) is 0 Å². The number of halogens is 1. The van der Waals surface area contributed by atoms with Crippen molar-refractivity contribution in [1.29, 1.82) is 0 Å². The predicted octanol–water partition coefficient (Wildman–Crippen LogP) is 3.58. The summed E-state index contributed by atoms with van der Waals surface area (Å²) in [6.07, 6.45) is 0. The molecule has 0 aliphatic rings. The molecule has 1 aromatic carbocycles. The molecule has 0 aliphatic carbocycles. The van der Waals surface area contributed by atoms with Gasteiger partial charge in [0.05, 0.1) is 0 Å². The van der Waals surface area contributed by atoms with E-state index in [1.54, 1.807) is 0 Å². The van der Waals surface area contributed by atoms with Gasteiger partial charge in [0.2, 0.25) is 0 Å². The van der Waals surface area contributed by atoms with Crippen LogP contribution in [0.3, 0.4) is 0 Å². The fourth-order valence-electron chi connectivity index (χ4n) is 1.76. The normalized spacial score (nSPS) is 10.9. The van der Waals surface area contributed by atoms with Gasteiger partial charge in [-0.25, -0.2) is 0 Å². The molecule has 0 unspecified atom stereocenters. The first-order valence-electron chi connectivity index (χ1n) is 5.19. The summed E-state index contributed by atoms with van der Waals surface area (Å²) in [6.45, 7) is 6.97. The second-order valence-corrected chi connectivity index (χ2v) is 4.29. The van der Waals surface area contributed by atoms with Gasteiger partial charge < -0.3 is 9.73 Å². The van der Waals surface area contributed by atoms with Crippen LogP contribution in [0.2, 0.25) is 0 Å². The maximum absolute atomic E-state index is 5.70. The van der Waals surface area contributed by atoms with Crippen molar-refractivity contribution in [3.05, 3.63) is 47.2 Å². The maximum Gasteiger partial charge on any atom is 0.134 e. The number of hydrogen-bond acceptors (Lipinski definition) is 2. The third-order valence-electron chi connectivity index (χ3n) is 2.52. The van der Waals surface area contributed by atoms with Gasteiger partial charge in [-0.2, -0.15) is 0 Å². The molecule has 84 valence electrons. The molecule has 0 fully saturated rings. The molecule has 0 atom stereocenters. The Morgan fingerprint density at radius 1 is 1.44 bits per heavy atom. The van der Waals surface area contributed by atoms with E-state index < -0.39 is 0 Å². The lowest BCUT2D eigenvalue weighted by molar-refractivity contribution is 0.567. The van der Waals surface area contributed by atoms with E-state index in [1.807, 2.05) is 25.1 Å². The highest BCUT2D eigenvalue weighted by atomic mass is 35.5. The Hall–Kier alpha value is -1.25. The SMILES string of the molecule is C=C(Cl)CNCc1c(C)oc2ccccc12. The molecular formula is C13H14ClNO. The monoisotopic (exact) mass is 235 g/mol. The van der Waals surface area contributed by atoms with Crippen molar-refractivity contribution in [2.75, 3.05) is 6.54 Å². The van der Waals surface area contributed by atoms with Crippen LogP contribution >= 0.6 is 11.6 Å². The first-order valence-corrected chi connectivity index (χ1v) is 5.57. The Morgan fingerprint density at radius 2 is 2.19 bits per heavy atom. The number of para-hydroxylation sites is 1. The summed E-state index contributed by atoms with van der Waals surface area (Å²) in [4.78, 5) is 0. The summed E-state index contributed by atoms with van der Waals surface area (Å²) in [6, 6.07) is 8.04. The minimum absolute atomic E-state index is 0.612. The quantitative estimate of drug-likeness (QED) is 0.876. The number of hydrogen-bond donors (Lipinski definition) is 1. The Kier molecular flexibility index (Phi) is 3.32. The van der Waals surface area contributed by atoms with E-state index in [2.05, 4.69) is 18.0 Å². The van der Waals surface area contributed by atoms with Gasteiger partial charge in [-0.15, -0.1) is 0 Å². The average Bonchev–Trinajstić information content (AvgIpc) is 2.55. The zero-order chi connectivity index (χ0) is 11.5. The summed E-state index contributed by atoms with van der Waals surface area (Å²) in [5, 5.41) is 5.00. The Bertz CT molecular complexity index is 516. The van der Waals surface area contributed by atoms with Gasteiger partial charge in [-0.3, -0.25) is 0 Å². The molecule has 0 bridgehead atoms. The average molecular weight is 236 g/mol. The zero-order valence-corrected chi connectivity index (χ0v) is 9.97. The second kappa shape index (κ2) is 4.73. The topological polar surface area (TPSA) is 25.2 Å². The van der Waals surface area contributed by atoms with Crippen LogP contribution in [-0.2, 0) is 6.54 Å². The lowest BCUT2D eigenvalue weighted by atomic mass is 10.1. The summed E-state index contributed by atoms with van der Waals surface area (Å²) in [7, 11) is 0. The van der Waals surface area contributed by atoms with Crippen molar-refractivity contribution in [2.45, 2.75) is 13.5 Å². The molecule has 1 aromatic heterocycles. The maximum atomic E-state index is 5.70. The van der Waals surface area contributed by atoms with Crippen molar-refractivity contribution in [3.63, 3.8) is 0 Å². The first-order chi connectivity index (χ1) is 7.68. The molecule has 0 saturated heterocycles. The molecule has 2 aromatic rings. The first kappa shape index (κ1) is 11.2. The highest BCUT2D eigenvalue weighted by molar-refractivity contribution is 6.29. The van der Waals surface area contributed by atoms with Crippen LogP contribution in [-0.4, -0.2) is 6.54 Å². The molecular weight excluding hydrogens is 222 g/mol. The molecule has 0 amide bonds. The van der Waals surface area contributed by atoms with E-state index in [0.717, 1.165) is 23.3 Å².